The SMILES string of the molecule is CC(C)(O)c1ccc(O)c2c1CCCC2. The molecule has 15 heavy (non-hydrogen) atoms. The number of fused-ring (bicyclic) bond motifs is 1. The van der Waals surface area contributed by atoms with Crippen LogP contribution in [0.15, 0.2) is 12.1 Å². The summed E-state index contributed by atoms with van der Waals surface area (Å²) in [4.78, 5) is 0. The minimum atomic E-state index is -0.810. The molecule has 0 saturated carbocycles. The summed E-state index contributed by atoms with van der Waals surface area (Å²) < 4.78 is 0. The summed E-state index contributed by atoms with van der Waals surface area (Å²) in [6, 6.07) is 3.55. The first kappa shape index (κ1) is 10.5. The Balaban J connectivity index is 2.58. The first-order valence-corrected chi connectivity index (χ1v) is 5.57. The number of aromatic hydroxyl groups is 1. The van der Waals surface area contributed by atoms with Gasteiger partial charge in [-0.05, 0) is 62.3 Å². The summed E-state index contributed by atoms with van der Waals surface area (Å²) in [6.45, 7) is 3.60. The zero-order valence-electron chi connectivity index (χ0n) is 9.38. The van der Waals surface area contributed by atoms with Crippen LogP contribution in [0.3, 0.4) is 0 Å². The Morgan fingerprint density at radius 1 is 1.07 bits per heavy atom. The molecule has 2 N–H and O–H groups in total. The Bertz CT molecular complexity index is 375. The van der Waals surface area contributed by atoms with Crippen LogP contribution in [-0.2, 0) is 18.4 Å². The third-order valence-electron chi connectivity index (χ3n) is 3.17. The van der Waals surface area contributed by atoms with Crippen molar-refractivity contribution in [1.82, 2.24) is 0 Å². The fourth-order valence-electron chi connectivity index (χ4n) is 2.42. The number of hydrogen-bond acceptors (Lipinski definition) is 2. The van der Waals surface area contributed by atoms with Crippen molar-refractivity contribution in [1.29, 1.82) is 0 Å². The molecule has 0 fully saturated rings. The topological polar surface area (TPSA) is 40.5 Å². The maximum atomic E-state index is 10.1. The molecular weight excluding hydrogens is 188 g/mol. The van der Waals surface area contributed by atoms with Gasteiger partial charge in [0.25, 0.3) is 0 Å². The highest BCUT2D eigenvalue weighted by atomic mass is 16.3. The van der Waals surface area contributed by atoms with Gasteiger partial charge in [0.05, 0.1) is 5.60 Å². The van der Waals surface area contributed by atoms with E-state index in [1.54, 1.807) is 19.9 Å². The lowest BCUT2D eigenvalue weighted by molar-refractivity contribution is 0.0773. The number of aliphatic hydroxyl groups is 1. The summed E-state index contributed by atoms with van der Waals surface area (Å²) >= 11 is 0. The lowest BCUT2D eigenvalue weighted by atomic mass is 9.82. The van der Waals surface area contributed by atoms with E-state index >= 15 is 0 Å². The Hall–Kier alpha value is -1.02. The predicted octanol–water partition coefficient (Wildman–Crippen LogP) is 2.50. The summed E-state index contributed by atoms with van der Waals surface area (Å²) in [7, 11) is 0. The molecule has 0 heterocycles. The second-order valence-corrected chi connectivity index (χ2v) is 4.86. The van der Waals surface area contributed by atoms with Crippen molar-refractivity contribution >= 4 is 0 Å². The molecule has 0 saturated heterocycles. The second kappa shape index (κ2) is 3.53. The van der Waals surface area contributed by atoms with Crippen molar-refractivity contribution in [3.63, 3.8) is 0 Å². The molecule has 0 unspecified atom stereocenters. The van der Waals surface area contributed by atoms with Gasteiger partial charge in [0.1, 0.15) is 5.75 Å². The van der Waals surface area contributed by atoms with Gasteiger partial charge in [-0.25, -0.2) is 0 Å². The fourth-order valence-corrected chi connectivity index (χ4v) is 2.42. The van der Waals surface area contributed by atoms with Crippen LogP contribution in [0.4, 0.5) is 0 Å². The average molecular weight is 206 g/mol. The zero-order valence-corrected chi connectivity index (χ0v) is 9.38. The summed E-state index contributed by atoms with van der Waals surface area (Å²) in [5.41, 5.74) is 2.36. The van der Waals surface area contributed by atoms with Crippen LogP contribution < -0.4 is 0 Å². The van der Waals surface area contributed by atoms with E-state index in [1.165, 1.54) is 0 Å². The summed E-state index contributed by atoms with van der Waals surface area (Å²) in [5, 5.41) is 19.8. The molecule has 2 nitrogen and oxygen atoms in total. The normalized spacial score (nSPS) is 16.2. The monoisotopic (exact) mass is 206 g/mol. The number of hydrogen-bond donors (Lipinski definition) is 2. The predicted molar refractivity (Wildman–Crippen MR) is 60.0 cm³/mol. The Kier molecular flexibility index (Phi) is 2.47. The van der Waals surface area contributed by atoms with Gasteiger partial charge in [-0.2, -0.15) is 0 Å². The number of phenolic OH excluding ortho intramolecular Hbond substituents is 1. The van der Waals surface area contributed by atoms with Gasteiger partial charge in [-0.3, -0.25) is 0 Å². The van der Waals surface area contributed by atoms with Crippen molar-refractivity contribution in [3.05, 3.63) is 28.8 Å². The molecular formula is C13H18O2. The minimum absolute atomic E-state index is 0.387. The highest BCUT2D eigenvalue weighted by molar-refractivity contribution is 5.47. The van der Waals surface area contributed by atoms with Crippen molar-refractivity contribution in [3.8, 4) is 5.75 Å². The van der Waals surface area contributed by atoms with Gasteiger partial charge in [0.2, 0.25) is 0 Å². The number of benzene rings is 1. The molecule has 2 rings (SSSR count). The van der Waals surface area contributed by atoms with Crippen LogP contribution in [0.5, 0.6) is 5.75 Å². The van der Waals surface area contributed by atoms with Crippen LogP contribution in [0.25, 0.3) is 0 Å². The van der Waals surface area contributed by atoms with Gasteiger partial charge >= 0.3 is 0 Å². The molecule has 1 aromatic carbocycles. The molecule has 0 amide bonds. The maximum Gasteiger partial charge on any atom is 0.119 e. The van der Waals surface area contributed by atoms with Crippen molar-refractivity contribution in [2.45, 2.75) is 45.1 Å². The molecule has 0 bridgehead atoms. The number of rotatable bonds is 1. The molecule has 1 aromatic rings. The van der Waals surface area contributed by atoms with Crippen molar-refractivity contribution in [2.24, 2.45) is 0 Å². The van der Waals surface area contributed by atoms with Gasteiger partial charge in [-0.1, -0.05) is 6.07 Å². The molecule has 2 heteroatoms. The lowest BCUT2D eigenvalue weighted by Crippen LogP contribution is -2.20. The molecule has 0 aliphatic heterocycles. The smallest absolute Gasteiger partial charge is 0.119 e. The number of phenols is 1. The highest BCUT2D eigenvalue weighted by Crippen LogP contribution is 2.35. The lowest BCUT2D eigenvalue weighted by Gasteiger charge is -2.27. The van der Waals surface area contributed by atoms with Gasteiger partial charge in [0, 0.05) is 0 Å². The van der Waals surface area contributed by atoms with E-state index in [2.05, 4.69) is 0 Å². The molecule has 0 spiro atoms. The van der Waals surface area contributed by atoms with E-state index < -0.39 is 5.60 Å². The molecule has 82 valence electrons. The van der Waals surface area contributed by atoms with E-state index in [0.717, 1.165) is 42.4 Å². The summed E-state index contributed by atoms with van der Waals surface area (Å²) in [6.07, 6.45) is 4.20. The largest absolute Gasteiger partial charge is 0.508 e. The molecule has 0 atom stereocenters. The van der Waals surface area contributed by atoms with Gasteiger partial charge in [-0.15, -0.1) is 0 Å². The molecule has 1 aliphatic carbocycles. The standard InChI is InChI=1S/C13H18O2/c1-13(2,15)11-7-8-12(14)10-6-4-3-5-9(10)11/h7-8,14-15H,3-6H2,1-2H3. The zero-order chi connectivity index (χ0) is 11.1. The Morgan fingerprint density at radius 3 is 2.27 bits per heavy atom. The van der Waals surface area contributed by atoms with Crippen LogP contribution in [0.2, 0.25) is 0 Å². The Labute approximate surface area is 90.6 Å². The van der Waals surface area contributed by atoms with E-state index in [0.29, 0.717) is 5.75 Å². The maximum absolute atomic E-state index is 10.1. The van der Waals surface area contributed by atoms with Crippen LogP contribution >= 0.6 is 0 Å². The minimum Gasteiger partial charge on any atom is -0.508 e. The summed E-state index contributed by atoms with van der Waals surface area (Å²) in [5.74, 6) is 0.387. The molecule has 0 radical (unpaired) electrons. The fraction of sp³-hybridized carbons (Fsp3) is 0.538. The van der Waals surface area contributed by atoms with Crippen molar-refractivity contribution in [2.75, 3.05) is 0 Å². The van der Waals surface area contributed by atoms with E-state index in [4.69, 9.17) is 0 Å². The second-order valence-electron chi connectivity index (χ2n) is 4.86. The third kappa shape index (κ3) is 1.86. The highest BCUT2D eigenvalue weighted by Gasteiger charge is 2.24. The van der Waals surface area contributed by atoms with Crippen LogP contribution in [0.1, 0.15) is 43.4 Å². The average Bonchev–Trinajstić information content (AvgIpc) is 2.17. The Morgan fingerprint density at radius 2 is 1.67 bits per heavy atom. The van der Waals surface area contributed by atoms with Crippen LogP contribution in [0, 0.1) is 0 Å². The quantitative estimate of drug-likeness (QED) is 0.741. The first-order valence-electron chi connectivity index (χ1n) is 5.57. The third-order valence-corrected chi connectivity index (χ3v) is 3.17. The van der Waals surface area contributed by atoms with E-state index in [1.807, 2.05) is 6.07 Å². The van der Waals surface area contributed by atoms with Gasteiger partial charge < -0.3 is 10.2 Å². The van der Waals surface area contributed by atoms with Crippen molar-refractivity contribution < 1.29 is 10.2 Å². The molecule has 1 aliphatic rings. The first-order chi connectivity index (χ1) is 7.00. The van der Waals surface area contributed by atoms with Crippen LogP contribution in [-0.4, -0.2) is 10.2 Å². The van der Waals surface area contributed by atoms with E-state index in [9.17, 15) is 10.2 Å². The van der Waals surface area contributed by atoms with Gasteiger partial charge in [0.15, 0.2) is 0 Å². The van der Waals surface area contributed by atoms with E-state index in [-0.39, 0.29) is 0 Å². The molecule has 0 aromatic heterocycles.